The number of hydrogen-bond donors (Lipinski definition) is 2. The summed E-state index contributed by atoms with van der Waals surface area (Å²) in [7, 11) is 0. The molecule has 0 atom stereocenters. The Morgan fingerprint density at radius 3 is 1.48 bits per heavy atom. The Bertz CT molecular complexity index is 333. The van der Waals surface area contributed by atoms with Crippen LogP contribution in [0.2, 0.25) is 0 Å². The van der Waals surface area contributed by atoms with E-state index in [0.717, 1.165) is 25.7 Å². The first-order valence-corrected chi connectivity index (χ1v) is 7.66. The second kappa shape index (κ2) is 11.1. The van der Waals surface area contributed by atoms with Gasteiger partial charge in [-0.15, -0.1) is 10.3 Å². The van der Waals surface area contributed by atoms with Crippen LogP contribution in [0.4, 0.5) is 0 Å². The molecule has 0 fully saturated rings. The first kappa shape index (κ1) is 19.4. The van der Waals surface area contributed by atoms with Crippen molar-refractivity contribution in [2.45, 2.75) is 53.4 Å². The number of rotatable bonds is 10. The van der Waals surface area contributed by atoms with Crippen molar-refractivity contribution in [2.75, 3.05) is 0 Å². The van der Waals surface area contributed by atoms with Crippen LogP contribution in [-0.2, 0) is 0 Å². The van der Waals surface area contributed by atoms with Crippen molar-refractivity contribution < 1.29 is 10.4 Å². The molecule has 120 valence electrons. The van der Waals surface area contributed by atoms with E-state index in [9.17, 15) is 0 Å². The molecule has 0 unspecified atom stereocenters. The molecule has 0 bridgehead atoms. The van der Waals surface area contributed by atoms with Gasteiger partial charge in [-0.2, -0.15) is 0 Å². The van der Waals surface area contributed by atoms with Gasteiger partial charge in [0.25, 0.3) is 0 Å². The Kier molecular flexibility index (Phi) is 10.3. The predicted octanol–water partition coefficient (Wildman–Crippen LogP) is 4.88. The van der Waals surface area contributed by atoms with E-state index in [0.29, 0.717) is 11.8 Å². The van der Waals surface area contributed by atoms with Crippen LogP contribution in [0.15, 0.2) is 34.6 Å². The lowest BCUT2D eigenvalue weighted by molar-refractivity contribution is 0.305. The number of nitrogens with zero attached hydrogens (tertiary/aromatic N) is 2. The normalized spacial score (nSPS) is 14.0. The smallest absolute Gasteiger partial charge is 0.0552 e. The first-order chi connectivity index (χ1) is 9.95. The van der Waals surface area contributed by atoms with Crippen LogP contribution >= 0.6 is 0 Å². The maximum Gasteiger partial charge on any atom is 0.0552 e. The van der Waals surface area contributed by atoms with Crippen molar-refractivity contribution in [1.82, 2.24) is 0 Å². The third-order valence-corrected chi connectivity index (χ3v) is 3.22. The number of allylic oxidation sites excluding steroid dienone is 4. The van der Waals surface area contributed by atoms with Gasteiger partial charge in [0.05, 0.1) is 12.4 Å². The van der Waals surface area contributed by atoms with Gasteiger partial charge in [0.2, 0.25) is 0 Å². The molecule has 0 spiro atoms. The zero-order valence-corrected chi connectivity index (χ0v) is 13.7. The third kappa shape index (κ3) is 9.88. The lowest BCUT2D eigenvalue weighted by atomic mass is 9.81. The Hall–Kier alpha value is -1.58. The third-order valence-electron chi connectivity index (χ3n) is 3.22. The van der Waals surface area contributed by atoms with Crippen molar-refractivity contribution in [3.8, 4) is 0 Å². The van der Waals surface area contributed by atoms with Crippen LogP contribution in [0.5, 0.6) is 0 Å². The standard InChI is InChI=1S/C17H30N2O2/c1-15(2)9-5-7-11-17(13-18-20,14-19-21)12-8-6-10-16(3)4/h5-6,9-10,13-16,20-21H,7-8,11-12H2,1-4H3/b9-5-,10-6-,18-13+,19-14+. The number of oxime groups is 2. The second-order valence-electron chi connectivity index (χ2n) is 6.14. The molecule has 0 aromatic rings. The fourth-order valence-electron chi connectivity index (χ4n) is 2.09. The lowest BCUT2D eigenvalue weighted by Crippen LogP contribution is -2.24. The molecule has 0 heterocycles. The van der Waals surface area contributed by atoms with Crippen molar-refractivity contribution >= 4 is 12.4 Å². The van der Waals surface area contributed by atoms with Crippen LogP contribution < -0.4 is 0 Å². The predicted molar refractivity (Wildman–Crippen MR) is 89.4 cm³/mol. The molecule has 0 rings (SSSR count). The average Bonchev–Trinajstić information content (AvgIpc) is 2.40. The summed E-state index contributed by atoms with van der Waals surface area (Å²) in [4.78, 5) is 0. The highest BCUT2D eigenvalue weighted by Crippen LogP contribution is 2.27. The lowest BCUT2D eigenvalue weighted by Gasteiger charge is -2.23. The average molecular weight is 294 g/mol. The van der Waals surface area contributed by atoms with Gasteiger partial charge in [0.15, 0.2) is 0 Å². The minimum atomic E-state index is -0.508. The molecule has 0 radical (unpaired) electrons. The fourth-order valence-corrected chi connectivity index (χ4v) is 2.09. The van der Waals surface area contributed by atoms with Crippen molar-refractivity contribution in [3.05, 3.63) is 24.3 Å². The van der Waals surface area contributed by atoms with Gasteiger partial charge in [-0.05, 0) is 37.5 Å². The van der Waals surface area contributed by atoms with Crippen LogP contribution in [0.25, 0.3) is 0 Å². The maximum absolute atomic E-state index is 8.91. The highest BCUT2D eigenvalue weighted by molar-refractivity contribution is 5.88. The molecule has 0 aromatic heterocycles. The Morgan fingerprint density at radius 2 is 1.19 bits per heavy atom. The molecule has 0 saturated heterocycles. The Balaban J connectivity index is 4.74. The summed E-state index contributed by atoms with van der Waals surface area (Å²) in [6, 6.07) is 0. The highest BCUT2D eigenvalue weighted by atomic mass is 16.4. The van der Waals surface area contributed by atoms with Crippen LogP contribution in [0.3, 0.4) is 0 Å². The molecule has 0 aliphatic carbocycles. The maximum atomic E-state index is 8.91. The molecular weight excluding hydrogens is 264 g/mol. The van der Waals surface area contributed by atoms with Crippen molar-refractivity contribution in [2.24, 2.45) is 27.6 Å². The van der Waals surface area contributed by atoms with Gasteiger partial charge in [-0.1, -0.05) is 52.0 Å². The minimum absolute atomic E-state index is 0.508. The molecule has 4 heteroatoms. The first-order valence-electron chi connectivity index (χ1n) is 7.66. The summed E-state index contributed by atoms with van der Waals surface area (Å²) in [6.07, 6.45) is 14.7. The highest BCUT2D eigenvalue weighted by Gasteiger charge is 2.25. The van der Waals surface area contributed by atoms with Gasteiger partial charge >= 0.3 is 0 Å². The summed E-state index contributed by atoms with van der Waals surface area (Å²) in [5.41, 5.74) is -0.508. The molecule has 0 saturated carbocycles. The zero-order valence-electron chi connectivity index (χ0n) is 13.7. The number of hydrogen-bond acceptors (Lipinski definition) is 4. The van der Waals surface area contributed by atoms with Crippen LogP contribution in [0, 0.1) is 17.3 Å². The fraction of sp³-hybridized carbons (Fsp3) is 0.647. The molecular formula is C17H30N2O2. The molecule has 0 aliphatic rings. The molecule has 2 N–H and O–H groups in total. The Morgan fingerprint density at radius 1 is 0.810 bits per heavy atom. The second-order valence-corrected chi connectivity index (χ2v) is 6.14. The largest absolute Gasteiger partial charge is 0.411 e. The van der Waals surface area contributed by atoms with Crippen LogP contribution in [-0.4, -0.2) is 22.8 Å². The summed E-state index contributed by atoms with van der Waals surface area (Å²) in [5.74, 6) is 1.04. The molecule has 4 nitrogen and oxygen atoms in total. The summed E-state index contributed by atoms with van der Waals surface area (Å²) in [6.45, 7) is 8.52. The van der Waals surface area contributed by atoms with Gasteiger partial charge in [-0.25, -0.2) is 0 Å². The van der Waals surface area contributed by atoms with Crippen molar-refractivity contribution in [1.29, 1.82) is 0 Å². The van der Waals surface area contributed by atoms with Gasteiger partial charge in [0, 0.05) is 5.41 Å². The van der Waals surface area contributed by atoms with E-state index in [-0.39, 0.29) is 0 Å². The quantitative estimate of drug-likeness (QED) is 0.261. The van der Waals surface area contributed by atoms with E-state index in [1.807, 2.05) is 0 Å². The van der Waals surface area contributed by atoms with Crippen LogP contribution in [0.1, 0.15) is 53.4 Å². The van der Waals surface area contributed by atoms with Gasteiger partial charge in [-0.3, -0.25) is 0 Å². The van der Waals surface area contributed by atoms with E-state index >= 15 is 0 Å². The molecule has 0 aromatic carbocycles. The SMILES string of the molecule is CC(C)/C=C\CCC(/C=N/O)(/C=N/O)CC/C=C\C(C)C. The van der Waals surface area contributed by atoms with E-state index in [2.05, 4.69) is 62.3 Å². The van der Waals surface area contributed by atoms with Crippen molar-refractivity contribution in [3.63, 3.8) is 0 Å². The molecule has 0 aliphatic heterocycles. The molecule has 21 heavy (non-hydrogen) atoms. The zero-order chi connectivity index (χ0) is 16.1. The minimum Gasteiger partial charge on any atom is -0.411 e. The van der Waals surface area contributed by atoms with E-state index < -0.39 is 5.41 Å². The summed E-state index contributed by atoms with van der Waals surface area (Å²) >= 11 is 0. The summed E-state index contributed by atoms with van der Waals surface area (Å²) < 4.78 is 0. The summed E-state index contributed by atoms with van der Waals surface area (Å²) in [5, 5.41) is 24.2. The Labute approximate surface area is 128 Å². The van der Waals surface area contributed by atoms with Gasteiger partial charge in [0.1, 0.15) is 0 Å². The van der Waals surface area contributed by atoms with E-state index in [4.69, 9.17) is 10.4 Å². The monoisotopic (exact) mass is 294 g/mol. The molecule has 0 amide bonds. The van der Waals surface area contributed by atoms with E-state index in [1.165, 1.54) is 12.4 Å². The topological polar surface area (TPSA) is 65.2 Å². The van der Waals surface area contributed by atoms with E-state index in [1.54, 1.807) is 0 Å². The van der Waals surface area contributed by atoms with Gasteiger partial charge < -0.3 is 10.4 Å².